The number of nitrogens with one attached hydrogen (secondary N) is 2. The molecule has 6 heteroatoms. The first-order valence-corrected chi connectivity index (χ1v) is 12.3. The van der Waals surface area contributed by atoms with Crippen molar-refractivity contribution >= 4 is 23.2 Å². The number of benzene rings is 1. The molecule has 2 N–H and O–H groups in total. The molecular weight excluding hydrogens is 406 g/mol. The Hall–Kier alpha value is -2.18. The van der Waals surface area contributed by atoms with E-state index >= 15 is 0 Å². The molecule has 3 heterocycles. The van der Waals surface area contributed by atoms with Gasteiger partial charge in [0.05, 0.1) is 0 Å². The molecule has 2 aliphatic rings. The van der Waals surface area contributed by atoms with Gasteiger partial charge in [-0.25, -0.2) is 0 Å². The Balaban J connectivity index is 1.20. The van der Waals surface area contributed by atoms with Crippen molar-refractivity contribution < 1.29 is 9.59 Å². The standard InChI is InChI=1S/C25H33N3O2S/c1-19-5-2-3-7-22(19)20-10-14-28(18-20)15-13-26-23(29)8-11-25(12-9-24(30)27-25)17-21-6-4-16-31-21/h2-7,16,20H,8-15,17-18H2,1H3,(H,26,29)(H,27,30). The van der Waals surface area contributed by atoms with Crippen LogP contribution in [0.25, 0.3) is 0 Å². The fourth-order valence-electron chi connectivity index (χ4n) is 5.06. The number of carbonyl (C=O) groups is 2. The molecule has 0 radical (unpaired) electrons. The number of nitrogens with zero attached hydrogens (tertiary/aromatic N) is 1. The van der Waals surface area contributed by atoms with Gasteiger partial charge in [0.15, 0.2) is 0 Å². The van der Waals surface area contributed by atoms with Gasteiger partial charge in [-0.05, 0) is 61.2 Å². The van der Waals surface area contributed by atoms with Crippen molar-refractivity contribution in [1.29, 1.82) is 0 Å². The van der Waals surface area contributed by atoms with Crippen molar-refractivity contribution in [3.8, 4) is 0 Å². The monoisotopic (exact) mass is 439 g/mol. The molecule has 0 saturated carbocycles. The maximum Gasteiger partial charge on any atom is 0.220 e. The summed E-state index contributed by atoms with van der Waals surface area (Å²) in [7, 11) is 0. The van der Waals surface area contributed by atoms with Crippen LogP contribution < -0.4 is 10.6 Å². The number of carbonyl (C=O) groups excluding carboxylic acids is 2. The van der Waals surface area contributed by atoms with Gasteiger partial charge in [-0.15, -0.1) is 11.3 Å². The fraction of sp³-hybridized carbons (Fsp3) is 0.520. The third kappa shape index (κ3) is 5.74. The summed E-state index contributed by atoms with van der Waals surface area (Å²) in [5, 5.41) is 8.33. The molecule has 2 saturated heterocycles. The zero-order valence-corrected chi connectivity index (χ0v) is 19.2. The Bertz CT molecular complexity index is 898. The molecular formula is C25H33N3O2S. The molecule has 2 amide bonds. The summed E-state index contributed by atoms with van der Waals surface area (Å²) < 4.78 is 0. The van der Waals surface area contributed by atoms with E-state index in [4.69, 9.17) is 0 Å². The predicted octanol–water partition coefficient (Wildman–Crippen LogP) is 3.63. The minimum Gasteiger partial charge on any atom is -0.355 e. The largest absolute Gasteiger partial charge is 0.355 e. The smallest absolute Gasteiger partial charge is 0.220 e. The van der Waals surface area contributed by atoms with E-state index in [1.54, 1.807) is 11.3 Å². The molecule has 2 fully saturated rings. The van der Waals surface area contributed by atoms with Crippen LogP contribution >= 0.6 is 11.3 Å². The second-order valence-corrected chi connectivity index (χ2v) is 10.1. The molecule has 2 atom stereocenters. The molecule has 0 spiro atoms. The molecule has 4 rings (SSSR count). The van der Waals surface area contributed by atoms with Gasteiger partial charge in [0, 0.05) is 49.3 Å². The van der Waals surface area contributed by atoms with Crippen molar-refractivity contribution in [2.75, 3.05) is 26.2 Å². The van der Waals surface area contributed by atoms with E-state index in [1.165, 1.54) is 22.4 Å². The first kappa shape index (κ1) is 22.0. The van der Waals surface area contributed by atoms with Crippen molar-refractivity contribution in [3.63, 3.8) is 0 Å². The van der Waals surface area contributed by atoms with Crippen LogP contribution in [-0.2, 0) is 16.0 Å². The molecule has 1 aromatic heterocycles. The highest BCUT2D eigenvalue weighted by molar-refractivity contribution is 7.09. The lowest BCUT2D eigenvalue weighted by atomic mass is 9.87. The Morgan fingerprint density at radius 3 is 2.90 bits per heavy atom. The summed E-state index contributed by atoms with van der Waals surface area (Å²) in [5.41, 5.74) is 2.57. The van der Waals surface area contributed by atoms with Gasteiger partial charge in [0.1, 0.15) is 0 Å². The second kappa shape index (κ2) is 9.96. The van der Waals surface area contributed by atoms with Crippen LogP contribution in [0.4, 0.5) is 0 Å². The van der Waals surface area contributed by atoms with Gasteiger partial charge in [-0.3, -0.25) is 9.59 Å². The number of likely N-dealkylation sites (tertiary alicyclic amines) is 1. The Morgan fingerprint density at radius 1 is 1.29 bits per heavy atom. The van der Waals surface area contributed by atoms with E-state index in [0.717, 1.165) is 32.5 Å². The number of hydrogen-bond acceptors (Lipinski definition) is 4. The van der Waals surface area contributed by atoms with Crippen LogP contribution in [0, 0.1) is 6.92 Å². The maximum absolute atomic E-state index is 12.5. The number of hydrogen-bond donors (Lipinski definition) is 2. The third-order valence-electron chi connectivity index (χ3n) is 6.81. The molecule has 2 aliphatic heterocycles. The normalized spacial score (nSPS) is 23.8. The lowest BCUT2D eigenvalue weighted by molar-refractivity contribution is -0.122. The molecule has 0 aliphatic carbocycles. The van der Waals surface area contributed by atoms with E-state index < -0.39 is 0 Å². The summed E-state index contributed by atoms with van der Waals surface area (Å²) in [5.74, 6) is 0.788. The van der Waals surface area contributed by atoms with Crippen LogP contribution in [0.15, 0.2) is 41.8 Å². The number of amides is 2. The van der Waals surface area contributed by atoms with Gasteiger partial charge in [-0.1, -0.05) is 30.3 Å². The minimum absolute atomic E-state index is 0.0846. The first-order chi connectivity index (χ1) is 15.0. The fourth-order valence-corrected chi connectivity index (χ4v) is 5.91. The average Bonchev–Trinajstić information content (AvgIpc) is 3.50. The predicted molar refractivity (Wildman–Crippen MR) is 125 cm³/mol. The van der Waals surface area contributed by atoms with Gasteiger partial charge in [0.25, 0.3) is 0 Å². The number of thiophene rings is 1. The highest BCUT2D eigenvalue weighted by Gasteiger charge is 2.38. The molecule has 2 aromatic rings. The SMILES string of the molecule is Cc1ccccc1C1CCN(CCNC(=O)CCC2(Cc3cccs3)CCC(=O)N2)C1. The van der Waals surface area contributed by atoms with Gasteiger partial charge in [0.2, 0.25) is 11.8 Å². The highest BCUT2D eigenvalue weighted by Crippen LogP contribution is 2.31. The maximum atomic E-state index is 12.5. The van der Waals surface area contributed by atoms with E-state index in [1.807, 2.05) is 6.07 Å². The summed E-state index contributed by atoms with van der Waals surface area (Å²) in [4.78, 5) is 28.1. The Labute approximate surface area is 189 Å². The number of rotatable bonds is 9. The van der Waals surface area contributed by atoms with Crippen LogP contribution in [0.3, 0.4) is 0 Å². The topological polar surface area (TPSA) is 61.4 Å². The zero-order chi connectivity index (χ0) is 21.7. The first-order valence-electron chi connectivity index (χ1n) is 11.4. The van der Waals surface area contributed by atoms with E-state index in [2.05, 4.69) is 58.2 Å². The van der Waals surface area contributed by atoms with E-state index in [0.29, 0.717) is 31.7 Å². The summed E-state index contributed by atoms with van der Waals surface area (Å²) in [6.45, 7) is 5.92. The molecule has 5 nitrogen and oxygen atoms in total. The van der Waals surface area contributed by atoms with Crippen molar-refractivity contribution in [2.45, 2.75) is 56.9 Å². The summed E-state index contributed by atoms with van der Waals surface area (Å²) in [6.07, 6.45) is 4.52. The molecule has 1 aromatic carbocycles. The van der Waals surface area contributed by atoms with Gasteiger partial charge < -0.3 is 15.5 Å². The number of aryl methyl sites for hydroxylation is 1. The van der Waals surface area contributed by atoms with Crippen LogP contribution in [0.2, 0.25) is 0 Å². The van der Waals surface area contributed by atoms with E-state index in [9.17, 15) is 9.59 Å². The minimum atomic E-state index is -0.269. The molecule has 2 unspecified atom stereocenters. The van der Waals surface area contributed by atoms with Crippen molar-refractivity contribution in [1.82, 2.24) is 15.5 Å². The van der Waals surface area contributed by atoms with Gasteiger partial charge >= 0.3 is 0 Å². The lowest BCUT2D eigenvalue weighted by Crippen LogP contribution is -2.44. The van der Waals surface area contributed by atoms with Crippen LogP contribution in [-0.4, -0.2) is 48.4 Å². The van der Waals surface area contributed by atoms with Crippen molar-refractivity contribution in [2.24, 2.45) is 0 Å². The highest BCUT2D eigenvalue weighted by atomic mass is 32.1. The second-order valence-electron chi connectivity index (χ2n) is 9.08. The average molecular weight is 440 g/mol. The van der Waals surface area contributed by atoms with Gasteiger partial charge in [-0.2, -0.15) is 0 Å². The zero-order valence-electron chi connectivity index (χ0n) is 18.4. The quantitative estimate of drug-likeness (QED) is 0.627. The van der Waals surface area contributed by atoms with E-state index in [-0.39, 0.29) is 17.4 Å². The Kier molecular flexibility index (Phi) is 7.08. The molecule has 0 bridgehead atoms. The molecule has 166 valence electrons. The van der Waals surface area contributed by atoms with Crippen molar-refractivity contribution in [3.05, 3.63) is 57.8 Å². The lowest BCUT2D eigenvalue weighted by Gasteiger charge is -2.28. The van der Waals surface area contributed by atoms with Crippen LogP contribution in [0.1, 0.15) is 54.0 Å². The third-order valence-corrected chi connectivity index (χ3v) is 7.69. The summed E-state index contributed by atoms with van der Waals surface area (Å²) in [6, 6.07) is 12.8. The summed E-state index contributed by atoms with van der Waals surface area (Å²) >= 11 is 1.71. The Morgan fingerprint density at radius 2 is 2.16 bits per heavy atom. The molecule has 31 heavy (non-hydrogen) atoms. The van der Waals surface area contributed by atoms with Crippen LogP contribution in [0.5, 0.6) is 0 Å².